The van der Waals surface area contributed by atoms with Crippen molar-refractivity contribution in [3.8, 4) is 5.75 Å². The molecule has 0 saturated carbocycles. The number of phenols is 1. The average Bonchev–Trinajstić information content (AvgIpc) is 2.79. The highest BCUT2D eigenvalue weighted by atomic mass is 16.3. The monoisotopic (exact) mass is 405 g/mol. The van der Waals surface area contributed by atoms with Gasteiger partial charge in [-0.1, -0.05) is 36.4 Å². The number of para-hydroxylation sites is 2. The molecule has 1 aliphatic carbocycles. The largest absolute Gasteiger partial charge is 0.506 e. The van der Waals surface area contributed by atoms with Crippen LogP contribution in [-0.4, -0.2) is 55.2 Å². The van der Waals surface area contributed by atoms with Gasteiger partial charge in [-0.15, -0.1) is 0 Å². The summed E-state index contributed by atoms with van der Waals surface area (Å²) in [5.74, 6) is 0.444. The van der Waals surface area contributed by atoms with Crippen LogP contribution < -0.4 is 10.2 Å². The van der Waals surface area contributed by atoms with Crippen LogP contribution in [0.15, 0.2) is 54.1 Å². The van der Waals surface area contributed by atoms with Crippen LogP contribution in [0.25, 0.3) is 6.08 Å². The predicted octanol–water partition coefficient (Wildman–Crippen LogP) is 3.44. The van der Waals surface area contributed by atoms with Crippen LogP contribution in [0.3, 0.4) is 0 Å². The lowest BCUT2D eigenvalue weighted by Crippen LogP contribution is -2.46. The lowest BCUT2D eigenvalue weighted by molar-refractivity contribution is -0.117. The maximum Gasteiger partial charge on any atom is 0.247 e. The number of fused-ring (bicyclic) bond motifs is 1. The highest BCUT2D eigenvalue weighted by Crippen LogP contribution is 2.27. The van der Waals surface area contributed by atoms with Crippen LogP contribution in [0.1, 0.15) is 30.4 Å². The van der Waals surface area contributed by atoms with Gasteiger partial charge in [0, 0.05) is 38.3 Å². The smallest absolute Gasteiger partial charge is 0.247 e. The van der Waals surface area contributed by atoms with E-state index in [9.17, 15) is 9.90 Å². The summed E-state index contributed by atoms with van der Waals surface area (Å²) in [5.41, 5.74) is 4.34. The van der Waals surface area contributed by atoms with E-state index >= 15 is 0 Å². The third-order valence-electron chi connectivity index (χ3n) is 6.12. The number of hydrogen-bond donors (Lipinski definition) is 2. The van der Waals surface area contributed by atoms with Crippen LogP contribution in [0.5, 0.6) is 5.75 Å². The number of benzene rings is 2. The molecule has 158 valence electrons. The fraction of sp³-hybridized carbons (Fsp3) is 0.400. The molecule has 1 aliphatic heterocycles. The summed E-state index contributed by atoms with van der Waals surface area (Å²) in [6.45, 7) is 5.67. The van der Waals surface area contributed by atoms with Crippen molar-refractivity contribution in [2.24, 2.45) is 0 Å². The molecule has 2 aromatic carbocycles. The molecule has 1 saturated heterocycles. The number of carbonyl (C=O) groups is 1. The number of unbranched alkanes of at least 4 members (excludes halogenated alkanes) is 1. The van der Waals surface area contributed by atoms with Gasteiger partial charge in [-0.3, -0.25) is 9.69 Å². The van der Waals surface area contributed by atoms with Gasteiger partial charge in [-0.05, 0) is 61.6 Å². The summed E-state index contributed by atoms with van der Waals surface area (Å²) in [5, 5.41) is 13.1. The first-order valence-electron chi connectivity index (χ1n) is 11.0. The molecule has 5 nitrogen and oxygen atoms in total. The molecule has 1 amide bonds. The maximum atomic E-state index is 12.5. The Labute approximate surface area is 179 Å². The van der Waals surface area contributed by atoms with Crippen molar-refractivity contribution in [2.45, 2.75) is 25.7 Å². The third-order valence-corrected chi connectivity index (χ3v) is 6.12. The van der Waals surface area contributed by atoms with E-state index in [0.29, 0.717) is 5.75 Å². The van der Waals surface area contributed by atoms with Gasteiger partial charge >= 0.3 is 0 Å². The number of aromatic hydroxyl groups is 1. The molecular weight excluding hydrogens is 374 g/mol. The van der Waals surface area contributed by atoms with E-state index < -0.39 is 0 Å². The Balaban J connectivity index is 1.13. The minimum Gasteiger partial charge on any atom is -0.506 e. The van der Waals surface area contributed by atoms with E-state index in [1.165, 1.54) is 11.1 Å². The van der Waals surface area contributed by atoms with Gasteiger partial charge in [0.1, 0.15) is 5.75 Å². The van der Waals surface area contributed by atoms with Crippen molar-refractivity contribution < 1.29 is 9.90 Å². The summed E-state index contributed by atoms with van der Waals surface area (Å²) in [6, 6.07) is 15.9. The molecule has 5 heteroatoms. The molecule has 0 aromatic heterocycles. The van der Waals surface area contributed by atoms with Crippen molar-refractivity contribution in [3.63, 3.8) is 0 Å². The zero-order valence-corrected chi connectivity index (χ0v) is 17.5. The van der Waals surface area contributed by atoms with Gasteiger partial charge in [0.2, 0.25) is 5.91 Å². The summed E-state index contributed by atoms with van der Waals surface area (Å²) >= 11 is 0. The molecule has 30 heavy (non-hydrogen) atoms. The summed E-state index contributed by atoms with van der Waals surface area (Å²) in [4.78, 5) is 17.2. The standard InChI is InChI=1S/C25H31N3O2/c29-24-10-4-3-9-23(24)28-17-15-27(16-18-28)14-6-5-13-26-25(30)22-12-11-20-7-1-2-8-21(20)19-22/h1-4,7-10,19,29H,5-6,11-18H2,(H,26,30). The van der Waals surface area contributed by atoms with E-state index in [-0.39, 0.29) is 5.91 Å². The number of nitrogens with zero attached hydrogens (tertiary/aromatic N) is 2. The Bertz CT molecular complexity index is 901. The number of amides is 1. The highest BCUT2D eigenvalue weighted by Gasteiger charge is 2.19. The molecule has 4 rings (SSSR count). The lowest BCUT2D eigenvalue weighted by Gasteiger charge is -2.36. The van der Waals surface area contributed by atoms with Crippen molar-refractivity contribution in [1.29, 1.82) is 0 Å². The number of anilines is 1. The minimum atomic E-state index is 0.0841. The van der Waals surface area contributed by atoms with Crippen molar-refractivity contribution in [3.05, 3.63) is 65.2 Å². The molecule has 0 radical (unpaired) electrons. The maximum absolute atomic E-state index is 12.5. The summed E-state index contributed by atoms with van der Waals surface area (Å²) < 4.78 is 0. The van der Waals surface area contributed by atoms with Crippen LogP contribution in [-0.2, 0) is 11.2 Å². The molecule has 2 N–H and O–H groups in total. The molecule has 0 spiro atoms. The highest BCUT2D eigenvalue weighted by molar-refractivity contribution is 5.98. The molecule has 0 bridgehead atoms. The topological polar surface area (TPSA) is 55.8 Å². The molecule has 2 aromatic rings. The SMILES string of the molecule is O=C(NCCCCN1CCN(c2ccccc2O)CC1)C1=Cc2ccccc2CC1. The Morgan fingerprint density at radius 3 is 2.53 bits per heavy atom. The van der Waals surface area contributed by atoms with Crippen molar-refractivity contribution >= 4 is 17.7 Å². The summed E-state index contributed by atoms with van der Waals surface area (Å²) in [6.07, 6.45) is 5.89. The van der Waals surface area contributed by atoms with Crippen LogP contribution in [0.4, 0.5) is 5.69 Å². The average molecular weight is 406 g/mol. The van der Waals surface area contributed by atoms with Gasteiger partial charge in [-0.25, -0.2) is 0 Å². The second kappa shape index (κ2) is 9.81. The first-order valence-corrected chi connectivity index (χ1v) is 11.0. The number of hydrogen-bond acceptors (Lipinski definition) is 4. The lowest BCUT2D eigenvalue weighted by atomic mass is 9.92. The molecule has 1 heterocycles. The van der Waals surface area contributed by atoms with Gasteiger partial charge in [0.05, 0.1) is 5.69 Å². The van der Waals surface area contributed by atoms with Gasteiger partial charge in [0.15, 0.2) is 0 Å². The number of piperazine rings is 1. The van der Waals surface area contributed by atoms with E-state index in [1.807, 2.05) is 30.3 Å². The second-order valence-electron chi connectivity index (χ2n) is 8.15. The molecule has 2 aliphatic rings. The van der Waals surface area contributed by atoms with E-state index in [1.54, 1.807) is 6.07 Å². The Morgan fingerprint density at radius 1 is 0.933 bits per heavy atom. The number of phenolic OH excluding ortho intramolecular Hbond substituents is 1. The predicted molar refractivity (Wildman–Crippen MR) is 122 cm³/mol. The number of nitrogens with one attached hydrogen (secondary N) is 1. The Kier molecular flexibility index (Phi) is 6.70. The van der Waals surface area contributed by atoms with Crippen molar-refractivity contribution in [1.82, 2.24) is 10.2 Å². The fourth-order valence-corrected chi connectivity index (χ4v) is 4.33. The second-order valence-corrected chi connectivity index (χ2v) is 8.15. The number of rotatable bonds is 7. The molecule has 1 fully saturated rings. The molecule has 0 atom stereocenters. The van der Waals surface area contributed by atoms with Crippen LogP contribution in [0.2, 0.25) is 0 Å². The first-order chi connectivity index (χ1) is 14.7. The molecule has 0 unspecified atom stereocenters. The molecular formula is C25H31N3O2. The Morgan fingerprint density at radius 2 is 1.70 bits per heavy atom. The normalized spacial score (nSPS) is 16.7. The van der Waals surface area contributed by atoms with E-state index in [2.05, 4.69) is 33.3 Å². The minimum absolute atomic E-state index is 0.0841. The first kappa shape index (κ1) is 20.5. The third kappa shape index (κ3) is 5.03. The number of carbonyl (C=O) groups excluding carboxylic acids is 1. The van der Waals surface area contributed by atoms with E-state index in [4.69, 9.17) is 0 Å². The quantitative estimate of drug-likeness (QED) is 0.693. The summed E-state index contributed by atoms with van der Waals surface area (Å²) in [7, 11) is 0. The Hall–Kier alpha value is -2.79. The van der Waals surface area contributed by atoms with Gasteiger partial charge in [0.25, 0.3) is 0 Å². The number of aryl methyl sites for hydroxylation is 1. The van der Waals surface area contributed by atoms with Crippen LogP contribution in [0, 0.1) is 0 Å². The van der Waals surface area contributed by atoms with Crippen LogP contribution >= 0.6 is 0 Å². The van der Waals surface area contributed by atoms with Gasteiger partial charge in [-0.2, -0.15) is 0 Å². The fourth-order valence-electron chi connectivity index (χ4n) is 4.33. The van der Waals surface area contributed by atoms with Crippen molar-refractivity contribution in [2.75, 3.05) is 44.2 Å². The zero-order valence-electron chi connectivity index (χ0n) is 17.5. The van der Waals surface area contributed by atoms with E-state index in [0.717, 1.165) is 76.2 Å². The zero-order chi connectivity index (χ0) is 20.8. The van der Waals surface area contributed by atoms with Gasteiger partial charge < -0.3 is 15.3 Å².